The fourth-order valence-electron chi connectivity index (χ4n) is 2.54. The maximum Gasteiger partial charge on any atom is 0.250 e. The average molecular weight is 281 g/mol. The zero-order valence-electron chi connectivity index (χ0n) is 11.5. The summed E-state index contributed by atoms with van der Waals surface area (Å²) in [5.74, 6) is -1.15. The predicted molar refractivity (Wildman–Crippen MR) is 76.0 cm³/mol. The van der Waals surface area contributed by atoms with Crippen molar-refractivity contribution in [3.63, 3.8) is 0 Å². The molecule has 0 bridgehead atoms. The van der Waals surface area contributed by atoms with Gasteiger partial charge in [0.05, 0.1) is 16.9 Å². The lowest BCUT2D eigenvalue weighted by molar-refractivity contribution is 0.0481. The Balaban J connectivity index is 2.32. The molecule has 1 amide bonds. The van der Waals surface area contributed by atoms with Gasteiger partial charge >= 0.3 is 0 Å². The highest BCUT2D eigenvalue weighted by atomic mass is 19.1. The largest absolute Gasteiger partial charge is 0.398 e. The normalized spacial score (nSPS) is 23.4. The second-order valence-corrected chi connectivity index (χ2v) is 5.59. The molecule has 1 aliphatic heterocycles. The van der Waals surface area contributed by atoms with Crippen LogP contribution in [0.2, 0.25) is 0 Å². The van der Waals surface area contributed by atoms with E-state index in [2.05, 4.69) is 0 Å². The molecule has 0 spiro atoms. The van der Waals surface area contributed by atoms with Crippen LogP contribution in [0.5, 0.6) is 0 Å². The van der Waals surface area contributed by atoms with Gasteiger partial charge in [-0.15, -0.1) is 0 Å². The van der Waals surface area contributed by atoms with E-state index in [1.54, 1.807) is 6.92 Å². The number of primary amides is 1. The number of rotatable bonds is 2. The maximum atomic E-state index is 14.1. The third-order valence-electron chi connectivity index (χ3n) is 3.79. The van der Waals surface area contributed by atoms with Crippen LogP contribution in [-0.2, 0) is 0 Å². The minimum absolute atomic E-state index is 0.0422. The molecular formula is C14H20FN3O2. The summed E-state index contributed by atoms with van der Waals surface area (Å²) in [6.07, 6.45) is 1.97. The maximum absolute atomic E-state index is 14.1. The molecule has 1 heterocycles. The molecule has 5 N–H and O–H groups in total. The van der Waals surface area contributed by atoms with Crippen molar-refractivity contribution >= 4 is 17.3 Å². The fourth-order valence-corrected chi connectivity index (χ4v) is 2.54. The first-order valence-electron chi connectivity index (χ1n) is 6.66. The lowest BCUT2D eigenvalue weighted by atomic mass is 9.98. The molecule has 1 saturated heterocycles. The van der Waals surface area contributed by atoms with Crippen LogP contribution in [0.4, 0.5) is 15.8 Å². The third-order valence-corrected chi connectivity index (χ3v) is 3.79. The minimum Gasteiger partial charge on any atom is -0.398 e. The number of carbonyl (C=O) groups is 1. The number of nitrogens with two attached hydrogens (primary N) is 2. The van der Waals surface area contributed by atoms with Crippen LogP contribution in [0.15, 0.2) is 12.1 Å². The van der Waals surface area contributed by atoms with Crippen LogP contribution in [0, 0.1) is 5.82 Å². The summed E-state index contributed by atoms with van der Waals surface area (Å²) in [6, 6.07) is 2.52. The van der Waals surface area contributed by atoms with Crippen LogP contribution >= 0.6 is 0 Å². The number of aliphatic hydroxyl groups is 1. The first kappa shape index (κ1) is 14.6. The second-order valence-electron chi connectivity index (χ2n) is 5.59. The molecule has 20 heavy (non-hydrogen) atoms. The van der Waals surface area contributed by atoms with Crippen molar-refractivity contribution in [2.45, 2.75) is 31.8 Å². The standard InChI is InChI=1S/C14H20FN3O2/c1-14(20)3-2-5-18(6-4-14)12-7-9(13(17)19)11(16)8-10(12)15/h7-8,20H,2-6,16H2,1H3,(H2,17,19). The van der Waals surface area contributed by atoms with Crippen LogP contribution in [0.1, 0.15) is 36.5 Å². The molecule has 110 valence electrons. The van der Waals surface area contributed by atoms with E-state index < -0.39 is 17.3 Å². The summed E-state index contributed by atoms with van der Waals surface area (Å²) in [4.78, 5) is 13.1. The summed E-state index contributed by atoms with van der Waals surface area (Å²) < 4.78 is 14.1. The number of nitrogens with zero attached hydrogens (tertiary/aromatic N) is 1. The van der Waals surface area contributed by atoms with Crippen LogP contribution < -0.4 is 16.4 Å². The summed E-state index contributed by atoms with van der Waals surface area (Å²) in [5.41, 5.74) is 10.6. The number of anilines is 2. The van der Waals surface area contributed by atoms with Gasteiger partial charge in [-0.05, 0) is 38.3 Å². The lowest BCUT2D eigenvalue weighted by Gasteiger charge is -2.25. The first-order valence-corrected chi connectivity index (χ1v) is 6.66. The SMILES string of the molecule is CC1(O)CCCN(c2cc(C(N)=O)c(N)cc2F)CC1. The van der Waals surface area contributed by atoms with Gasteiger partial charge in [-0.3, -0.25) is 4.79 Å². The molecule has 1 aliphatic rings. The van der Waals surface area contributed by atoms with Gasteiger partial charge in [-0.1, -0.05) is 0 Å². The number of nitrogen functional groups attached to an aromatic ring is 1. The number of hydrogen-bond donors (Lipinski definition) is 3. The van der Waals surface area contributed by atoms with Gasteiger partial charge in [0.2, 0.25) is 0 Å². The molecule has 1 fully saturated rings. The second kappa shape index (κ2) is 5.28. The smallest absolute Gasteiger partial charge is 0.250 e. The Bertz CT molecular complexity index is 531. The van der Waals surface area contributed by atoms with E-state index >= 15 is 0 Å². The van der Waals surface area contributed by atoms with Gasteiger partial charge in [-0.2, -0.15) is 0 Å². The molecule has 0 radical (unpaired) electrons. The Morgan fingerprint density at radius 1 is 1.40 bits per heavy atom. The topological polar surface area (TPSA) is 92.6 Å². The number of amides is 1. The predicted octanol–water partition coefficient (Wildman–Crippen LogP) is 1.25. The van der Waals surface area contributed by atoms with Crippen molar-refractivity contribution in [2.75, 3.05) is 23.7 Å². The zero-order valence-corrected chi connectivity index (χ0v) is 11.5. The highest BCUT2D eigenvalue weighted by Crippen LogP contribution is 2.29. The summed E-state index contributed by atoms with van der Waals surface area (Å²) >= 11 is 0. The van der Waals surface area contributed by atoms with Crippen molar-refractivity contribution in [3.05, 3.63) is 23.5 Å². The first-order chi connectivity index (χ1) is 9.30. The molecule has 0 aromatic heterocycles. The van der Waals surface area contributed by atoms with Crippen molar-refractivity contribution < 1.29 is 14.3 Å². The Morgan fingerprint density at radius 3 is 2.75 bits per heavy atom. The summed E-state index contributed by atoms with van der Waals surface area (Å²) in [6.45, 7) is 2.92. The van der Waals surface area contributed by atoms with Gasteiger partial charge in [0.15, 0.2) is 0 Å². The van der Waals surface area contributed by atoms with E-state index in [-0.39, 0.29) is 11.3 Å². The number of hydrogen-bond acceptors (Lipinski definition) is 4. The van der Waals surface area contributed by atoms with E-state index in [4.69, 9.17) is 11.5 Å². The number of carbonyl (C=O) groups excluding carboxylic acids is 1. The number of benzene rings is 1. The van der Waals surface area contributed by atoms with Crippen molar-refractivity contribution in [2.24, 2.45) is 5.73 Å². The van der Waals surface area contributed by atoms with Crippen LogP contribution in [0.3, 0.4) is 0 Å². The Labute approximate surface area is 117 Å². The molecule has 6 heteroatoms. The van der Waals surface area contributed by atoms with Gasteiger partial charge in [0.25, 0.3) is 5.91 Å². The van der Waals surface area contributed by atoms with Gasteiger partial charge in [0.1, 0.15) is 5.82 Å². The third kappa shape index (κ3) is 3.01. The molecular weight excluding hydrogens is 261 g/mol. The highest BCUT2D eigenvalue weighted by Gasteiger charge is 2.26. The van der Waals surface area contributed by atoms with E-state index in [1.807, 2.05) is 4.90 Å². The van der Waals surface area contributed by atoms with E-state index in [0.717, 1.165) is 12.5 Å². The Morgan fingerprint density at radius 2 is 2.10 bits per heavy atom. The molecule has 1 unspecified atom stereocenters. The van der Waals surface area contributed by atoms with Gasteiger partial charge in [-0.25, -0.2) is 4.39 Å². The molecule has 0 saturated carbocycles. The van der Waals surface area contributed by atoms with E-state index in [9.17, 15) is 14.3 Å². The monoisotopic (exact) mass is 281 g/mol. The van der Waals surface area contributed by atoms with Crippen LogP contribution in [-0.4, -0.2) is 29.7 Å². The summed E-state index contributed by atoms with van der Waals surface area (Å²) in [5, 5.41) is 10.1. The zero-order chi connectivity index (χ0) is 14.9. The average Bonchev–Trinajstić information content (AvgIpc) is 2.50. The Kier molecular flexibility index (Phi) is 3.85. The Hall–Kier alpha value is -1.82. The van der Waals surface area contributed by atoms with Crippen molar-refractivity contribution in [1.82, 2.24) is 0 Å². The molecule has 2 rings (SSSR count). The number of halogens is 1. The summed E-state index contributed by atoms with van der Waals surface area (Å²) in [7, 11) is 0. The molecule has 1 atom stereocenters. The molecule has 1 aromatic rings. The van der Waals surface area contributed by atoms with Gasteiger partial charge in [0, 0.05) is 18.8 Å². The fraction of sp³-hybridized carbons (Fsp3) is 0.500. The molecule has 0 aliphatic carbocycles. The van der Waals surface area contributed by atoms with E-state index in [1.165, 1.54) is 6.07 Å². The quantitative estimate of drug-likeness (QED) is 0.711. The van der Waals surface area contributed by atoms with Crippen molar-refractivity contribution in [3.8, 4) is 0 Å². The molecule has 1 aromatic carbocycles. The minimum atomic E-state index is -0.731. The van der Waals surface area contributed by atoms with Crippen LogP contribution in [0.25, 0.3) is 0 Å². The van der Waals surface area contributed by atoms with Crippen molar-refractivity contribution in [1.29, 1.82) is 0 Å². The van der Waals surface area contributed by atoms with Gasteiger partial charge < -0.3 is 21.5 Å². The lowest BCUT2D eigenvalue weighted by Crippen LogP contribution is -2.29. The van der Waals surface area contributed by atoms with E-state index in [0.29, 0.717) is 31.6 Å². The molecule has 5 nitrogen and oxygen atoms in total. The highest BCUT2D eigenvalue weighted by molar-refractivity contribution is 5.99.